The number of ether oxygens (including phenoxy) is 1. The van der Waals surface area contributed by atoms with Gasteiger partial charge in [0.15, 0.2) is 0 Å². The Bertz CT molecular complexity index is 1030. The summed E-state index contributed by atoms with van der Waals surface area (Å²) < 4.78 is 33.9. The van der Waals surface area contributed by atoms with E-state index in [2.05, 4.69) is 28.8 Å². The smallest absolute Gasteiger partial charge is 0.251 e. The molecule has 3 rings (SSSR count). The highest BCUT2D eigenvalue weighted by Crippen LogP contribution is 2.21. The molecule has 1 fully saturated rings. The van der Waals surface area contributed by atoms with E-state index in [0.717, 1.165) is 37.1 Å². The lowest BCUT2D eigenvalue weighted by Gasteiger charge is -2.38. The van der Waals surface area contributed by atoms with Gasteiger partial charge in [0.25, 0.3) is 5.91 Å². The van der Waals surface area contributed by atoms with Crippen LogP contribution in [0.15, 0.2) is 53.4 Å². The largest absolute Gasteiger partial charge is 0.379 e. The van der Waals surface area contributed by atoms with Crippen LogP contribution >= 0.6 is 0 Å². The van der Waals surface area contributed by atoms with E-state index in [-0.39, 0.29) is 23.4 Å². The molecule has 8 heteroatoms. The molecule has 1 aliphatic rings. The van der Waals surface area contributed by atoms with E-state index >= 15 is 0 Å². The van der Waals surface area contributed by atoms with Gasteiger partial charge in [-0.1, -0.05) is 63.1 Å². The molecule has 0 saturated carbocycles. The number of nitrogens with one attached hydrogen (secondary N) is 2. The van der Waals surface area contributed by atoms with E-state index in [4.69, 9.17) is 4.74 Å². The third-order valence-electron chi connectivity index (χ3n) is 6.65. The molecule has 1 atom stereocenters. The van der Waals surface area contributed by atoms with E-state index in [1.807, 2.05) is 37.3 Å². The number of rotatable bonds is 11. The fraction of sp³-hybridized carbons (Fsp3) is 0.500. The number of carbonyl (C=O) groups is 1. The van der Waals surface area contributed by atoms with Crippen LogP contribution in [-0.2, 0) is 21.3 Å². The molecule has 1 amide bonds. The molecule has 0 spiro atoms. The maximum Gasteiger partial charge on any atom is 0.251 e. The summed E-state index contributed by atoms with van der Waals surface area (Å²) >= 11 is 0. The van der Waals surface area contributed by atoms with Crippen LogP contribution in [0, 0.1) is 12.8 Å². The minimum absolute atomic E-state index is 0.0869. The van der Waals surface area contributed by atoms with Crippen molar-refractivity contribution in [3.05, 3.63) is 65.2 Å². The molecule has 2 N–H and O–H groups in total. The van der Waals surface area contributed by atoms with E-state index < -0.39 is 10.0 Å². The van der Waals surface area contributed by atoms with Gasteiger partial charge in [-0.2, -0.15) is 0 Å². The van der Waals surface area contributed by atoms with Crippen LogP contribution < -0.4 is 10.0 Å². The van der Waals surface area contributed by atoms with Crippen LogP contribution in [-0.4, -0.2) is 58.1 Å². The minimum atomic E-state index is -3.75. The monoisotopic (exact) mass is 487 g/mol. The first-order chi connectivity index (χ1) is 16.4. The third-order valence-corrected chi connectivity index (χ3v) is 8.05. The van der Waals surface area contributed by atoms with Crippen molar-refractivity contribution < 1.29 is 17.9 Å². The van der Waals surface area contributed by atoms with Gasteiger partial charge in [-0.15, -0.1) is 0 Å². The molecule has 0 aromatic heterocycles. The van der Waals surface area contributed by atoms with Crippen molar-refractivity contribution in [2.24, 2.45) is 5.92 Å². The molecule has 1 aliphatic heterocycles. The molecule has 2 aromatic rings. The normalized spacial score (nSPS) is 15.9. The molecule has 2 aromatic carbocycles. The summed E-state index contributed by atoms with van der Waals surface area (Å²) in [5, 5.41) is 3.09. The molecular weight excluding hydrogens is 450 g/mol. The highest BCUT2D eigenvalue weighted by Gasteiger charge is 2.28. The number of sulfonamides is 1. The number of aryl methyl sites for hydroxylation is 1. The van der Waals surface area contributed by atoms with Crippen LogP contribution in [0.3, 0.4) is 0 Å². The lowest BCUT2D eigenvalue weighted by atomic mass is 9.92. The van der Waals surface area contributed by atoms with Crippen molar-refractivity contribution >= 4 is 15.9 Å². The van der Waals surface area contributed by atoms with Gasteiger partial charge < -0.3 is 10.1 Å². The summed E-state index contributed by atoms with van der Waals surface area (Å²) in [5.74, 6) is 0.218. The zero-order valence-corrected chi connectivity index (χ0v) is 21.2. The summed E-state index contributed by atoms with van der Waals surface area (Å²) in [6.45, 7) is 10.0. The fourth-order valence-corrected chi connectivity index (χ4v) is 5.54. The Balaban J connectivity index is 1.71. The number of benzene rings is 2. The average molecular weight is 488 g/mol. The molecular formula is C26H37N3O4S. The predicted molar refractivity (Wildman–Crippen MR) is 134 cm³/mol. The standard InChI is InChI=1S/C26H37N3O4S/c1-4-22(5-2)25(29-13-15-33-16-14-29)19-27-26(30)24-17-23(12-11-20(24)3)34(31,32)28-18-21-9-7-6-8-10-21/h6-12,17,22,25,28H,4-5,13-16,18-19H2,1-3H3,(H,27,30)/t25-/m1/s1. The number of morpholine rings is 1. The zero-order valence-electron chi connectivity index (χ0n) is 20.4. The Morgan fingerprint density at radius 2 is 1.74 bits per heavy atom. The molecule has 1 saturated heterocycles. The van der Waals surface area contributed by atoms with Gasteiger partial charge in [-0.3, -0.25) is 9.69 Å². The van der Waals surface area contributed by atoms with Gasteiger partial charge in [0.1, 0.15) is 0 Å². The van der Waals surface area contributed by atoms with E-state index in [9.17, 15) is 13.2 Å². The number of amides is 1. The van der Waals surface area contributed by atoms with Crippen LogP contribution in [0.25, 0.3) is 0 Å². The van der Waals surface area contributed by atoms with Crippen molar-refractivity contribution in [1.29, 1.82) is 0 Å². The predicted octanol–water partition coefficient (Wildman–Crippen LogP) is 3.34. The molecule has 34 heavy (non-hydrogen) atoms. The summed E-state index contributed by atoms with van der Waals surface area (Å²) in [6.07, 6.45) is 2.07. The molecule has 0 aliphatic carbocycles. The van der Waals surface area contributed by atoms with Crippen molar-refractivity contribution in [1.82, 2.24) is 14.9 Å². The molecule has 0 bridgehead atoms. The summed E-state index contributed by atoms with van der Waals surface area (Å²) in [4.78, 5) is 15.6. The minimum Gasteiger partial charge on any atom is -0.379 e. The number of hydrogen-bond acceptors (Lipinski definition) is 5. The quantitative estimate of drug-likeness (QED) is 0.508. The lowest BCUT2D eigenvalue weighted by molar-refractivity contribution is 0.00191. The van der Waals surface area contributed by atoms with Gasteiger partial charge in [-0.25, -0.2) is 13.1 Å². The van der Waals surface area contributed by atoms with Gasteiger partial charge in [0.2, 0.25) is 10.0 Å². The van der Waals surface area contributed by atoms with Gasteiger partial charge in [0, 0.05) is 37.8 Å². The first kappa shape index (κ1) is 26.3. The summed E-state index contributed by atoms with van der Waals surface area (Å²) in [6, 6.07) is 14.3. The number of nitrogens with zero attached hydrogens (tertiary/aromatic N) is 1. The molecule has 7 nitrogen and oxygen atoms in total. The average Bonchev–Trinajstić information content (AvgIpc) is 2.86. The maximum absolute atomic E-state index is 13.1. The Kier molecular flexibility index (Phi) is 9.64. The second-order valence-corrected chi connectivity index (χ2v) is 10.6. The Morgan fingerprint density at radius 1 is 1.06 bits per heavy atom. The topological polar surface area (TPSA) is 87.7 Å². The second kappa shape index (κ2) is 12.4. The molecule has 0 radical (unpaired) electrons. The van der Waals surface area contributed by atoms with Crippen molar-refractivity contribution in [2.75, 3.05) is 32.8 Å². The van der Waals surface area contributed by atoms with Crippen LogP contribution in [0.2, 0.25) is 0 Å². The lowest BCUT2D eigenvalue weighted by Crippen LogP contribution is -2.52. The van der Waals surface area contributed by atoms with E-state index in [1.165, 1.54) is 6.07 Å². The highest BCUT2D eigenvalue weighted by molar-refractivity contribution is 7.89. The van der Waals surface area contributed by atoms with Crippen molar-refractivity contribution in [2.45, 2.75) is 51.1 Å². The van der Waals surface area contributed by atoms with E-state index in [1.54, 1.807) is 12.1 Å². The van der Waals surface area contributed by atoms with Crippen molar-refractivity contribution in [3.63, 3.8) is 0 Å². The molecule has 1 heterocycles. The van der Waals surface area contributed by atoms with Crippen LogP contribution in [0.1, 0.15) is 48.2 Å². The first-order valence-electron chi connectivity index (χ1n) is 12.1. The van der Waals surface area contributed by atoms with Gasteiger partial charge in [0.05, 0.1) is 18.1 Å². The number of carbonyl (C=O) groups excluding carboxylic acids is 1. The molecule has 186 valence electrons. The van der Waals surface area contributed by atoms with Crippen LogP contribution in [0.5, 0.6) is 0 Å². The second-order valence-electron chi connectivity index (χ2n) is 8.79. The third kappa shape index (κ3) is 6.88. The van der Waals surface area contributed by atoms with E-state index in [0.29, 0.717) is 31.2 Å². The Hall–Kier alpha value is -2.26. The maximum atomic E-state index is 13.1. The van der Waals surface area contributed by atoms with Gasteiger partial charge >= 0.3 is 0 Å². The van der Waals surface area contributed by atoms with Gasteiger partial charge in [-0.05, 0) is 36.1 Å². The summed E-state index contributed by atoms with van der Waals surface area (Å²) in [7, 11) is -3.75. The van der Waals surface area contributed by atoms with Crippen LogP contribution in [0.4, 0.5) is 0 Å². The summed E-state index contributed by atoms with van der Waals surface area (Å²) in [5.41, 5.74) is 1.99. The first-order valence-corrected chi connectivity index (χ1v) is 13.6. The molecule has 0 unspecified atom stereocenters. The number of hydrogen-bond donors (Lipinski definition) is 2. The zero-order chi connectivity index (χ0) is 24.6. The highest BCUT2D eigenvalue weighted by atomic mass is 32.2. The Labute approximate surface area is 203 Å². The van der Waals surface area contributed by atoms with Crippen molar-refractivity contribution in [3.8, 4) is 0 Å². The SMILES string of the molecule is CCC(CC)[C@@H](CNC(=O)c1cc(S(=O)(=O)NCc2ccccc2)ccc1C)N1CCOCC1. The Morgan fingerprint density at radius 3 is 2.38 bits per heavy atom. The fourth-order valence-electron chi connectivity index (χ4n) is 4.50.